The number of hydrogen-bond acceptors (Lipinski definition) is 3. The molecule has 5 nitrogen and oxygen atoms in total. The second kappa shape index (κ2) is 7.84. The number of urea groups is 1. The molecule has 6 heteroatoms. The zero-order valence-electron chi connectivity index (χ0n) is 12.8. The predicted octanol–water partition coefficient (Wildman–Crippen LogP) is 3.59. The highest BCUT2D eigenvalue weighted by molar-refractivity contribution is 6.30. The number of hydrogen-bond donors (Lipinski definition) is 1. The van der Waals surface area contributed by atoms with Crippen molar-refractivity contribution < 1.29 is 9.32 Å². The molecule has 2 aromatic rings. The summed E-state index contributed by atoms with van der Waals surface area (Å²) in [6.07, 6.45) is 0.629. The summed E-state index contributed by atoms with van der Waals surface area (Å²) < 4.78 is 5.32. The van der Waals surface area contributed by atoms with Crippen molar-refractivity contribution in [1.82, 2.24) is 15.4 Å². The van der Waals surface area contributed by atoms with Crippen molar-refractivity contribution >= 4 is 17.6 Å². The molecule has 0 aliphatic carbocycles. The fourth-order valence-electron chi connectivity index (χ4n) is 2.10. The summed E-state index contributed by atoms with van der Waals surface area (Å²) in [5.41, 5.74) is 1.74. The van der Waals surface area contributed by atoms with Crippen LogP contribution in [-0.4, -0.2) is 35.7 Å². The summed E-state index contributed by atoms with van der Waals surface area (Å²) in [4.78, 5) is 13.6. The lowest BCUT2D eigenvalue weighted by Crippen LogP contribution is -2.40. The molecular formula is C16H20ClN3O2. The Morgan fingerprint density at radius 2 is 1.95 bits per heavy atom. The molecular weight excluding hydrogens is 302 g/mol. The number of aromatic nitrogens is 1. The van der Waals surface area contributed by atoms with Crippen molar-refractivity contribution in [3.8, 4) is 11.3 Å². The molecule has 1 heterocycles. The summed E-state index contributed by atoms with van der Waals surface area (Å²) in [6, 6.07) is 9.22. The average molecular weight is 322 g/mol. The lowest BCUT2D eigenvalue weighted by Gasteiger charge is -2.18. The number of carbonyl (C=O) groups is 1. The second-order valence-corrected chi connectivity index (χ2v) is 5.28. The van der Waals surface area contributed by atoms with Crippen LogP contribution in [0.3, 0.4) is 0 Å². The first-order valence-corrected chi connectivity index (χ1v) is 7.76. The number of nitrogens with one attached hydrogen (secondary N) is 1. The number of amides is 2. The Morgan fingerprint density at radius 3 is 2.59 bits per heavy atom. The zero-order chi connectivity index (χ0) is 15.9. The van der Waals surface area contributed by atoms with Crippen LogP contribution in [0.5, 0.6) is 0 Å². The van der Waals surface area contributed by atoms with Crippen molar-refractivity contribution in [3.63, 3.8) is 0 Å². The number of nitrogens with zero attached hydrogens (tertiary/aromatic N) is 2. The molecule has 1 aromatic carbocycles. The van der Waals surface area contributed by atoms with E-state index in [1.807, 2.05) is 44.2 Å². The van der Waals surface area contributed by atoms with Crippen LogP contribution in [0.25, 0.3) is 11.3 Å². The Kier molecular flexibility index (Phi) is 5.83. The SMILES string of the molecule is CCN(CC)C(=O)NCCc1cc(-c2ccc(Cl)cc2)on1. The predicted molar refractivity (Wildman–Crippen MR) is 87.0 cm³/mol. The van der Waals surface area contributed by atoms with Crippen molar-refractivity contribution in [2.24, 2.45) is 0 Å². The van der Waals surface area contributed by atoms with Crippen LogP contribution in [0.4, 0.5) is 4.79 Å². The largest absolute Gasteiger partial charge is 0.356 e. The van der Waals surface area contributed by atoms with E-state index in [0.717, 1.165) is 11.3 Å². The molecule has 118 valence electrons. The van der Waals surface area contributed by atoms with Gasteiger partial charge in [0, 0.05) is 42.7 Å². The third kappa shape index (κ3) is 4.24. The number of carbonyl (C=O) groups excluding carboxylic acids is 1. The van der Waals surface area contributed by atoms with E-state index >= 15 is 0 Å². The lowest BCUT2D eigenvalue weighted by molar-refractivity contribution is 0.203. The highest BCUT2D eigenvalue weighted by Gasteiger charge is 2.10. The molecule has 0 unspecified atom stereocenters. The Balaban J connectivity index is 1.87. The average Bonchev–Trinajstić information content (AvgIpc) is 2.98. The maximum atomic E-state index is 11.8. The van der Waals surface area contributed by atoms with Gasteiger partial charge >= 0.3 is 6.03 Å². The Morgan fingerprint density at radius 1 is 1.27 bits per heavy atom. The minimum atomic E-state index is -0.0496. The van der Waals surface area contributed by atoms with Crippen LogP contribution in [-0.2, 0) is 6.42 Å². The van der Waals surface area contributed by atoms with Crippen LogP contribution in [0.2, 0.25) is 5.02 Å². The van der Waals surface area contributed by atoms with Gasteiger partial charge in [0.25, 0.3) is 0 Å². The van der Waals surface area contributed by atoms with Gasteiger partial charge in [-0.05, 0) is 38.1 Å². The van der Waals surface area contributed by atoms with Gasteiger partial charge in [-0.2, -0.15) is 0 Å². The molecule has 0 fully saturated rings. The van der Waals surface area contributed by atoms with E-state index in [0.29, 0.717) is 36.8 Å². The quantitative estimate of drug-likeness (QED) is 0.884. The van der Waals surface area contributed by atoms with Crippen LogP contribution >= 0.6 is 11.6 Å². The third-order valence-electron chi connectivity index (χ3n) is 3.40. The molecule has 0 atom stereocenters. The van der Waals surface area contributed by atoms with E-state index in [1.54, 1.807) is 4.90 Å². The van der Waals surface area contributed by atoms with Gasteiger partial charge in [0.2, 0.25) is 0 Å². The fraction of sp³-hybridized carbons (Fsp3) is 0.375. The molecule has 0 saturated carbocycles. The van der Waals surface area contributed by atoms with Crippen molar-refractivity contribution in [1.29, 1.82) is 0 Å². The summed E-state index contributed by atoms with van der Waals surface area (Å²) >= 11 is 5.86. The Bertz CT molecular complexity index is 606. The van der Waals surface area contributed by atoms with Crippen LogP contribution in [0, 0.1) is 0 Å². The number of benzene rings is 1. The first-order valence-electron chi connectivity index (χ1n) is 7.38. The van der Waals surface area contributed by atoms with E-state index in [9.17, 15) is 4.79 Å². The molecule has 1 aromatic heterocycles. The Labute approximate surface area is 135 Å². The summed E-state index contributed by atoms with van der Waals surface area (Å²) in [6.45, 7) is 5.85. The third-order valence-corrected chi connectivity index (χ3v) is 3.65. The smallest absolute Gasteiger partial charge is 0.317 e. The van der Waals surface area contributed by atoms with Crippen LogP contribution in [0.15, 0.2) is 34.9 Å². The molecule has 2 amide bonds. The monoisotopic (exact) mass is 321 g/mol. The van der Waals surface area contributed by atoms with E-state index < -0.39 is 0 Å². The van der Waals surface area contributed by atoms with Gasteiger partial charge in [-0.25, -0.2) is 4.79 Å². The van der Waals surface area contributed by atoms with Crippen molar-refractivity contribution in [2.75, 3.05) is 19.6 Å². The van der Waals surface area contributed by atoms with Crippen molar-refractivity contribution in [2.45, 2.75) is 20.3 Å². The fourth-order valence-corrected chi connectivity index (χ4v) is 2.23. The molecule has 0 spiro atoms. The first kappa shape index (κ1) is 16.4. The second-order valence-electron chi connectivity index (χ2n) is 4.84. The zero-order valence-corrected chi connectivity index (χ0v) is 13.6. The minimum absolute atomic E-state index is 0.0496. The van der Waals surface area contributed by atoms with Gasteiger partial charge in [-0.1, -0.05) is 16.8 Å². The van der Waals surface area contributed by atoms with Gasteiger partial charge < -0.3 is 14.7 Å². The normalized spacial score (nSPS) is 10.5. The van der Waals surface area contributed by atoms with E-state index in [4.69, 9.17) is 16.1 Å². The first-order chi connectivity index (χ1) is 10.6. The summed E-state index contributed by atoms with van der Waals surface area (Å²) in [7, 11) is 0. The minimum Gasteiger partial charge on any atom is -0.356 e. The maximum Gasteiger partial charge on any atom is 0.317 e. The number of halogens is 1. The van der Waals surface area contributed by atoms with E-state index in [1.165, 1.54) is 0 Å². The molecule has 0 radical (unpaired) electrons. The molecule has 0 aliphatic heterocycles. The highest BCUT2D eigenvalue weighted by Crippen LogP contribution is 2.22. The molecule has 2 rings (SSSR count). The number of rotatable bonds is 6. The molecule has 1 N–H and O–H groups in total. The van der Waals surface area contributed by atoms with Gasteiger partial charge in [0.15, 0.2) is 5.76 Å². The lowest BCUT2D eigenvalue weighted by atomic mass is 10.1. The van der Waals surface area contributed by atoms with Crippen molar-refractivity contribution in [3.05, 3.63) is 41.0 Å². The van der Waals surface area contributed by atoms with Gasteiger partial charge in [-0.15, -0.1) is 0 Å². The molecule has 0 saturated heterocycles. The summed E-state index contributed by atoms with van der Waals surface area (Å²) in [5.74, 6) is 0.696. The standard InChI is InChI=1S/C16H20ClN3O2/c1-3-20(4-2)16(21)18-10-9-14-11-15(22-19-14)12-5-7-13(17)8-6-12/h5-8,11H,3-4,9-10H2,1-2H3,(H,18,21). The van der Waals surface area contributed by atoms with Gasteiger partial charge in [-0.3, -0.25) is 0 Å². The topological polar surface area (TPSA) is 58.4 Å². The van der Waals surface area contributed by atoms with Crippen LogP contribution < -0.4 is 5.32 Å². The molecule has 0 bridgehead atoms. The van der Waals surface area contributed by atoms with Gasteiger partial charge in [0.05, 0.1) is 5.69 Å². The highest BCUT2D eigenvalue weighted by atomic mass is 35.5. The Hall–Kier alpha value is -2.01. The maximum absolute atomic E-state index is 11.8. The van der Waals surface area contributed by atoms with Gasteiger partial charge in [0.1, 0.15) is 0 Å². The van der Waals surface area contributed by atoms with E-state index in [-0.39, 0.29) is 6.03 Å². The summed E-state index contributed by atoms with van der Waals surface area (Å²) in [5, 5.41) is 7.58. The molecule has 22 heavy (non-hydrogen) atoms. The molecule has 0 aliphatic rings. The van der Waals surface area contributed by atoms with E-state index in [2.05, 4.69) is 10.5 Å². The van der Waals surface area contributed by atoms with Crippen LogP contribution in [0.1, 0.15) is 19.5 Å².